The summed E-state index contributed by atoms with van der Waals surface area (Å²) in [5.41, 5.74) is -0.214. The second kappa shape index (κ2) is 7.59. The van der Waals surface area contributed by atoms with Crippen molar-refractivity contribution < 1.29 is 23.4 Å². The number of halogens is 3. The highest BCUT2D eigenvalue weighted by Crippen LogP contribution is 2.38. The zero-order valence-corrected chi connectivity index (χ0v) is 14.9. The van der Waals surface area contributed by atoms with Crippen LogP contribution in [0.15, 0.2) is 24.3 Å². The number of phenolic OH excluding ortho intramolecular Hbond substituents is 1. The van der Waals surface area contributed by atoms with Gasteiger partial charge in [0.25, 0.3) is 0 Å². The summed E-state index contributed by atoms with van der Waals surface area (Å²) < 4.78 is 38.4. The fraction of sp³-hybridized carbons (Fsp3) is 0.444. The van der Waals surface area contributed by atoms with E-state index in [1.54, 1.807) is 26.0 Å². The summed E-state index contributed by atoms with van der Waals surface area (Å²) in [6, 6.07) is 4.96. The number of hydrogen-bond acceptors (Lipinski definition) is 5. The van der Waals surface area contributed by atoms with Crippen LogP contribution in [-0.4, -0.2) is 32.6 Å². The first-order valence-corrected chi connectivity index (χ1v) is 8.14. The molecule has 0 saturated heterocycles. The first-order chi connectivity index (χ1) is 12.0. The van der Waals surface area contributed by atoms with Gasteiger partial charge in [-0.15, -0.1) is 0 Å². The van der Waals surface area contributed by atoms with Gasteiger partial charge in [-0.3, -0.25) is 0 Å². The Bertz CT molecular complexity index is 731. The zero-order valence-electron chi connectivity index (χ0n) is 14.9. The van der Waals surface area contributed by atoms with Crippen LogP contribution < -0.4 is 5.32 Å². The molecule has 0 fully saturated rings. The van der Waals surface area contributed by atoms with Gasteiger partial charge in [0.05, 0.1) is 22.6 Å². The molecule has 2 rings (SSSR count). The average molecular weight is 369 g/mol. The highest BCUT2D eigenvalue weighted by atomic mass is 19.4. The molecule has 0 saturated carbocycles. The molecule has 1 aromatic carbocycles. The molecule has 5 nitrogen and oxygen atoms in total. The van der Waals surface area contributed by atoms with Crippen LogP contribution in [0.5, 0.6) is 5.75 Å². The summed E-state index contributed by atoms with van der Waals surface area (Å²) in [7, 11) is 0. The molecule has 26 heavy (non-hydrogen) atoms. The van der Waals surface area contributed by atoms with Crippen LogP contribution in [0.25, 0.3) is 11.3 Å². The van der Waals surface area contributed by atoms with Gasteiger partial charge in [-0.1, -0.05) is 0 Å². The molecule has 0 spiro atoms. The molecule has 0 unspecified atom stereocenters. The highest BCUT2D eigenvalue weighted by molar-refractivity contribution is 5.71. The number of nitrogens with one attached hydrogen (secondary N) is 1. The average Bonchev–Trinajstić information content (AvgIpc) is 2.50. The molecule has 0 aliphatic rings. The van der Waals surface area contributed by atoms with Crippen LogP contribution in [0.4, 0.5) is 13.2 Å². The van der Waals surface area contributed by atoms with Crippen LogP contribution >= 0.6 is 0 Å². The fourth-order valence-corrected chi connectivity index (χ4v) is 2.46. The van der Waals surface area contributed by atoms with Gasteiger partial charge >= 0.3 is 6.18 Å². The zero-order chi connectivity index (χ0) is 19.5. The highest BCUT2D eigenvalue weighted by Gasteiger charge is 2.32. The lowest BCUT2D eigenvalue weighted by atomic mass is 10.0. The number of aryl methyl sites for hydroxylation is 1. The number of alkyl halides is 3. The van der Waals surface area contributed by atoms with Crippen molar-refractivity contribution in [2.24, 2.45) is 0 Å². The van der Waals surface area contributed by atoms with E-state index in [4.69, 9.17) is 0 Å². The number of nitrogens with zero attached hydrogens (tertiary/aromatic N) is 2. The Kier molecular flexibility index (Phi) is 5.87. The Hall–Kier alpha value is -2.19. The van der Waals surface area contributed by atoms with Crippen LogP contribution in [-0.2, 0) is 12.7 Å². The number of benzene rings is 1. The number of phenols is 1. The maximum absolute atomic E-state index is 12.8. The van der Waals surface area contributed by atoms with Gasteiger partial charge in [-0.25, -0.2) is 0 Å². The molecule has 0 aliphatic heterocycles. The Morgan fingerprint density at radius 2 is 1.81 bits per heavy atom. The van der Waals surface area contributed by atoms with E-state index in [0.717, 1.165) is 6.07 Å². The van der Waals surface area contributed by atoms with Gasteiger partial charge < -0.3 is 15.5 Å². The quantitative estimate of drug-likeness (QED) is 0.680. The second-order valence-corrected chi connectivity index (χ2v) is 6.83. The minimum absolute atomic E-state index is 0.229. The lowest BCUT2D eigenvalue weighted by Crippen LogP contribution is -2.26. The topological polar surface area (TPSA) is 78.3 Å². The summed E-state index contributed by atoms with van der Waals surface area (Å²) in [4.78, 5) is 0. The van der Waals surface area contributed by atoms with E-state index in [-0.39, 0.29) is 11.1 Å². The molecule has 1 heterocycles. The van der Waals surface area contributed by atoms with Crippen LogP contribution in [0.2, 0.25) is 0 Å². The number of aromatic nitrogens is 2. The second-order valence-electron chi connectivity index (χ2n) is 6.83. The third kappa shape index (κ3) is 5.40. The van der Waals surface area contributed by atoms with Crippen molar-refractivity contribution in [1.29, 1.82) is 0 Å². The molecular formula is C18H22F3N3O2. The van der Waals surface area contributed by atoms with Gasteiger partial charge in [0.15, 0.2) is 0 Å². The minimum Gasteiger partial charge on any atom is -0.507 e. The van der Waals surface area contributed by atoms with Gasteiger partial charge in [0.1, 0.15) is 5.75 Å². The minimum atomic E-state index is -4.52. The third-order valence-electron chi connectivity index (χ3n) is 3.84. The maximum Gasteiger partial charge on any atom is 0.416 e. The monoisotopic (exact) mass is 369 g/mol. The summed E-state index contributed by atoms with van der Waals surface area (Å²) in [6.07, 6.45) is -3.94. The maximum atomic E-state index is 12.8. The summed E-state index contributed by atoms with van der Waals surface area (Å²) in [5, 5.41) is 30.8. The van der Waals surface area contributed by atoms with Gasteiger partial charge in [-0.2, -0.15) is 23.4 Å². The summed E-state index contributed by atoms with van der Waals surface area (Å²) in [5.74, 6) is -0.484. The third-order valence-corrected chi connectivity index (χ3v) is 3.84. The lowest BCUT2D eigenvalue weighted by molar-refractivity contribution is -0.137. The molecule has 0 radical (unpaired) electrons. The standard InChI is InChI=1S/C18H22F3N3O2/c1-11-8-12(18(19,20)21)9-15(25)16(11)14-5-4-13(23-24-14)10-22-7-6-17(2,3)26/h4-5,8-9,22,25-26H,6-7,10H2,1-3H3. The van der Waals surface area contributed by atoms with Crippen molar-refractivity contribution in [3.63, 3.8) is 0 Å². The number of aliphatic hydroxyl groups is 1. The van der Waals surface area contributed by atoms with Crippen molar-refractivity contribution in [2.75, 3.05) is 6.54 Å². The van der Waals surface area contributed by atoms with E-state index < -0.39 is 23.1 Å². The van der Waals surface area contributed by atoms with Gasteiger partial charge in [0, 0.05) is 12.1 Å². The van der Waals surface area contributed by atoms with E-state index >= 15 is 0 Å². The van der Waals surface area contributed by atoms with Crippen molar-refractivity contribution in [3.8, 4) is 17.0 Å². The first-order valence-electron chi connectivity index (χ1n) is 8.14. The first kappa shape index (κ1) is 20.1. The molecule has 2 aromatic rings. The van der Waals surface area contributed by atoms with Crippen molar-refractivity contribution in [3.05, 3.63) is 41.1 Å². The molecule has 0 bridgehead atoms. The fourth-order valence-electron chi connectivity index (χ4n) is 2.46. The molecule has 0 amide bonds. The van der Waals surface area contributed by atoms with Crippen LogP contribution in [0.3, 0.4) is 0 Å². The van der Waals surface area contributed by atoms with E-state index in [9.17, 15) is 23.4 Å². The van der Waals surface area contributed by atoms with E-state index in [2.05, 4.69) is 15.5 Å². The normalized spacial score (nSPS) is 12.4. The lowest BCUT2D eigenvalue weighted by Gasteiger charge is -2.16. The molecule has 0 aliphatic carbocycles. The smallest absolute Gasteiger partial charge is 0.416 e. The predicted molar refractivity (Wildman–Crippen MR) is 91.5 cm³/mol. The molecular weight excluding hydrogens is 347 g/mol. The molecule has 142 valence electrons. The SMILES string of the molecule is Cc1cc(C(F)(F)F)cc(O)c1-c1ccc(CNCCC(C)(C)O)nn1. The van der Waals surface area contributed by atoms with Gasteiger partial charge in [0.2, 0.25) is 0 Å². The van der Waals surface area contributed by atoms with E-state index in [0.29, 0.717) is 37.0 Å². The Morgan fingerprint density at radius 1 is 1.12 bits per heavy atom. The molecule has 3 N–H and O–H groups in total. The Morgan fingerprint density at radius 3 is 2.31 bits per heavy atom. The van der Waals surface area contributed by atoms with Crippen molar-refractivity contribution in [1.82, 2.24) is 15.5 Å². The summed E-state index contributed by atoms with van der Waals surface area (Å²) >= 11 is 0. The van der Waals surface area contributed by atoms with Gasteiger partial charge in [-0.05, 0) is 63.6 Å². The largest absolute Gasteiger partial charge is 0.507 e. The number of rotatable bonds is 6. The van der Waals surface area contributed by atoms with E-state index in [1.165, 1.54) is 6.92 Å². The van der Waals surface area contributed by atoms with E-state index in [1.807, 2.05) is 0 Å². The number of hydrogen-bond donors (Lipinski definition) is 3. The summed E-state index contributed by atoms with van der Waals surface area (Å²) in [6.45, 7) is 5.98. The molecule has 8 heteroatoms. The van der Waals surface area contributed by atoms with Crippen molar-refractivity contribution >= 4 is 0 Å². The molecule has 0 atom stereocenters. The number of aromatic hydroxyl groups is 1. The Balaban J connectivity index is 2.11. The Labute approximate surface area is 149 Å². The van der Waals surface area contributed by atoms with Crippen LogP contribution in [0, 0.1) is 6.92 Å². The molecule has 1 aromatic heterocycles. The van der Waals surface area contributed by atoms with Crippen molar-refractivity contribution in [2.45, 2.75) is 45.5 Å². The predicted octanol–water partition coefficient (Wildman–Crippen LogP) is 3.43. The van der Waals surface area contributed by atoms with Crippen LogP contribution in [0.1, 0.15) is 37.1 Å².